The molecule has 1 aliphatic heterocycles. The van der Waals surface area contributed by atoms with E-state index in [9.17, 15) is 4.79 Å². The van der Waals surface area contributed by atoms with Gasteiger partial charge in [-0.05, 0) is 45.7 Å². The van der Waals surface area contributed by atoms with Crippen molar-refractivity contribution in [2.75, 3.05) is 20.1 Å². The number of aromatic nitrogens is 3. The molecule has 0 radical (unpaired) electrons. The first-order valence-electron chi connectivity index (χ1n) is 7.96. The summed E-state index contributed by atoms with van der Waals surface area (Å²) in [4.78, 5) is 16.1. The number of nitrogens with zero attached hydrogens (tertiary/aromatic N) is 4. The van der Waals surface area contributed by atoms with Crippen molar-refractivity contribution in [3.63, 3.8) is 0 Å². The first-order chi connectivity index (χ1) is 10.7. The highest BCUT2D eigenvalue weighted by molar-refractivity contribution is 5.93. The molecule has 2 aliphatic rings. The molecule has 0 bridgehead atoms. The van der Waals surface area contributed by atoms with Gasteiger partial charge < -0.3 is 10.2 Å². The normalized spacial score (nSPS) is 19.4. The van der Waals surface area contributed by atoms with Gasteiger partial charge in [0.2, 0.25) is 0 Å². The first-order valence-corrected chi connectivity index (χ1v) is 7.96. The van der Waals surface area contributed by atoms with Gasteiger partial charge in [-0.15, -0.1) is 5.10 Å². The Morgan fingerprint density at radius 2 is 2.05 bits per heavy atom. The van der Waals surface area contributed by atoms with Crippen LogP contribution in [0, 0.1) is 6.92 Å². The lowest BCUT2D eigenvalue weighted by molar-refractivity contribution is 0.0700. The summed E-state index contributed by atoms with van der Waals surface area (Å²) < 4.78 is 0. The van der Waals surface area contributed by atoms with Crippen LogP contribution >= 0.6 is 0 Å². The molecule has 0 unspecified atom stereocenters. The lowest BCUT2D eigenvalue weighted by Crippen LogP contribution is -2.44. The highest BCUT2D eigenvalue weighted by atomic mass is 16.2. The Labute approximate surface area is 130 Å². The third-order valence-corrected chi connectivity index (χ3v) is 4.38. The monoisotopic (exact) mass is 301 g/mol. The van der Waals surface area contributed by atoms with E-state index in [1.54, 1.807) is 4.80 Å². The minimum Gasteiger partial charge on any atom is -0.337 e. The number of hydrogen-bond donors (Lipinski definition) is 1. The molecular formula is C16H23N5O. The van der Waals surface area contributed by atoms with Gasteiger partial charge in [0.1, 0.15) is 0 Å². The summed E-state index contributed by atoms with van der Waals surface area (Å²) in [6.07, 6.45) is 10.2. The Hall–Kier alpha value is -1.95. The zero-order valence-corrected chi connectivity index (χ0v) is 13.2. The van der Waals surface area contributed by atoms with E-state index in [0.717, 1.165) is 44.5 Å². The van der Waals surface area contributed by atoms with Crippen molar-refractivity contribution in [3.8, 4) is 0 Å². The van der Waals surface area contributed by atoms with Crippen LogP contribution < -0.4 is 5.32 Å². The minimum atomic E-state index is -0.00121. The average Bonchev–Trinajstić information content (AvgIpc) is 2.97. The Kier molecular flexibility index (Phi) is 4.38. The van der Waals surface area contributed by atoms with Gasteiger partial charge in [-0.2, -0.15) is 9.90 Å². The molecule has 0 aromatic carbocycles. The smallest absolute Gasteiger partial charge is 0.276 e. The van der Waals surface area contributed by atoms with E-state index in [1.807, 2.05) is 24.9 Å². The average molecular weight is 301 g/mol. The van der Waals surface area contributed by atoms with Crippen LogP contribution in [-0.2, 0) is 0 Å². The molecule has 3 rings (SSSR count). The second-order valence-corrected chi connectivity index (χ2v) is 5.89. The molecule has 0 spiro atoms. The van der Waals surface area contributed by atoms with Crippen LogP contribution in [0.3, 0.4) is 0 Å². The predicted octanol–water partition coefficient (Wildman–Crippen LogP) is 1.60. The Bertz CT molecular complexity index is 608. The van der Waals surface area contributed by atoms with Crippen molar-refractivity contribution in [2.45, 2.75) is 38.6 Å². The predicted molar refractivity (Wildman–Crippen MR) is 85.4 cm³/mol. The lowest BCUT2D eigenvalue weighted by Gasteiger charge is -2.31. The summed E-state index contributed by atoms with van der Waals surface area (Å²) in [7, 11) is 1.98. The number of nitrogens with one attached hydrogen (secondary N) is 1. The van der Waals surface area contributed by atoms with Crippen LogP contribution in [0.2, 0.25) is 0 Å². The van der Waals surface area contributed by atoms with E-state index in [2.05, 4.69) is 27.7 Å². The highest BCUT2D eigenvalue weighted by Crippen LogP contribution is 2.17. The largest absolute Gasteiger partial charge is 0.337 e. The molecule has 1 saturated heterocycles. The van der Waals surface area contributed by atoms with Crippen molar-refractivity contribution < 1.29 is 4.79 Å². The van der Waals surface area contributed by atoms with Crippen LogP contribution in [0.25, 0.3) is 5.70 Å². The molecule has 0 saturated carbocycles. The van der Waals surface area contributed by atoms with Gasteiger partial charge in [0.25, 0.3) is 5.91 Å². The molecule has 6 heteroatoms. The number of carbonyl (C=O) groups is 1. The fraction of sp³-hybridized carbons (Fsp3) is 0.562. The van der Waals surface area contributed by atoms with Crippen molar-refractivity contribution in [1.82, 2.24) is 25.2 Å². The topological polar surface area (TPSA) is 63.1 Å². The minimum absolute atomic E-state index is 0.00121. The van der Waals surface area contributed by atoms with E-state index in [4.69, 9.17) is 0 Å². The number of allylic oxidation sites excluding steroid dienone is 4. The van der Waals surface area contributed by atoms with Crippen LogP contribution in [0.5, 0.6) is 0 Å². The highest BCUT2D eigenvalue weighted by Gasteiger charge is 2.26. The van der Waals surface area contributed by atoms with Crippen molar-refractivity contribution >= 4 is 11.6 Å². The second-order valence-electron chi connectivity index (χ2n) is 5.89. The quantitative estimate of drug-likeness (QED) is 0.921. The molecular weight excluding hydrogens is 278 g/mol. The maximum Gasteiger partial charge on any atom is 0.276 e. The fourth-order valence-electron chi connectivity index (χ4n) is 2.96. The van der Waals surface area contributed by atoms with Gasteiger partial charge in [0, 0.05) is 19.1 Å². The SMILES string of the molecule is CNC1CCN(C(=O)c2nn(C3=CCCC=C3)nc2C)CC1. The van der Waals surface area contributed by atoms with Crippen LogP contribution in [-0.4, -0.2) is 52.0 Å². The van der Waals surface area contributed by atoms with Gasteiger partial charge in [-0.3, -0.25) is 4.79 Å². The number of likely N-dealkylation sites (tertiary alicyclic amines) is 1. The Morgan fingerprint density at radius 3 is 2.68 bits per heavy atom. The maximum atomic E-state index is 12.7. The molecule has 1 aromatic heterocycles. The zero-order chi connectivity index (χ0) is 15.5. The van der Waals surface area contributed by atoms with Gasteiger partial charge in [0.15, 0.2) is 5.69 Å². The summed E-state index contributed by atoms with van der Waals surface area (Å²) in [6.45, 7) is 3.41. The van der Waals surface area contributed by atoms with Gasteiger partial charge in [-0.25, -0.2) is 0 Å². The van der Waals surface area contributed by atoms with Crippen molar-refractivity contribution in [3.05, 3.63) is 29.6 Å². The van der Waals surface area contributed by atoms with E-state index in [-0.39, 0.29) is 5.91 Å². The molecule has 1 fully saturated rings. The number of aryl methyl sites for hydroxylation is 1. The molecule has 22 heavy (non-hydrogen) atoms. The van der Waals surface area contributed by atoms with Crippen molar-refractivity contribution in [2.24, 2.45) is 0 Å². The van der Waals surface area contributed by atoms with Crippen LogP contribution in [0.4, 0.5) is 0 Å². The molecule has 2 heterocycles. The first kappa shape index (κ1) is 15.0. The molecule has 1 N–H and O–H groups in total. The number of hydrogen-bond acceptors (Lipinski definition) is 4. The van der Waals surface area contributed by atoms with E-state index < -0.39 is 0 Å². The Morgan fingerprint density at radius 1 is 1.27 bits per heavy atom. The molecule has 6 nitrogen and oxygen atoms in total. The Balaban J connectivity index is 1.74. The number of carbonyl (C=O) groups excluding carboxylic acids is 1. The summed E-state index contributed by atoms with van der Waals surface area (Å²) in [6, 6.07) is 0.512. The molecule has 0 atom stereocenters. The fourth-order valence-corrected chi connectivity index (χ4v) is 2.96. The second kappa shape index (κ2) is 6.44. The van der Waals surface area contributed by atoms with Gasteiger partial charge >= 0.3 is 0 Å². The zero-order valence-electron chi connectivity index (χ0n) is 13.2. The molecule has 1 aromatic rings. The number of piperidine rings is 1. The molecule has 1 amide bonds. The molecule has 1 aliphatic carbocycles. The summed E-state index contributed by atoms with van der Waals surface area (Å²) in [5.41, 5.74) is 2.12. The van der Waals surface area contributed by atoms with Crippen LogP contribution in [0.1, 0.15) is 41.9 Å². The van der Waals surface area contributed by atoms with Crippen LogP contribution in [0.15, 0.2) is 18.2 Å². The summed E-state index contributed by atoms with van der Waals surface area (Å²) >= 11 is 0. The maximum absolute atomic E-state index is 12.7. The van der Waals surface area contributed by atoms with E-state index in [0.29, 0.717) is 17.4 Å². The van der Waals surface area contributed by atoms with E-state index in [1.165, 1.54) is 0 Å². The third kappa shape index (κ3) is 2.97. The number of amides is 1. The van der Waals surface area contributed by atoms with Gasteiger partial charge in [-0.1, -0.05) is 12.2 Å². The van der Waals surface area contributed by atoms with Gasteiger partial charge in [0.05, 0.1) is 11.4 Å². The standard InChI is InChI=1S/C16H23N5O/c1-12-15(16(22)20-10-8-13(17-2)9-11-20)19-21(18-12)14-6-4-3-5-7-14/h4,6-7,13,17H,3,5,8-11H2,1-2H3. The molecule has 118 valence electrons. The summed E-state index contributed by atoms with van der Waals surface area (Å²) in [5, 5.41) is 12.1. The third-order valence-electron chi connectivity index (χ3n) is 4.38. The van der Waals surface area contributed by atoms with E-state index >= 15 is 0 Å². The number of rotatable bonds is 3. The van der Waals surface area contributed by atoms with Crippen molar-refractivity contribution in [1.29, 1.82) is 0 Å². The summed E-state index contributed by atoms with van der Waals surface area (Å²) in [5.74, 6) is -0.00121. The lowest BCUT2D eigenvalue weighted by atomic mass is 10.0.